The van der Waals surface area contributed by atoms with Crippen molar-refractivity contribution in [2.24, 2.45) is 0 Å². The van der Waals surface area contributed by atoms with Crippen molar-refractivity contribution >= 4 is 0 Å². The van der Waals surface area contributed by atoms with E-state index in [1.807, 2.05) is 7.05 Å². The van der Waals surface area contributed by atoms with Gasteiger partial charge in [0.05, 0.1) is 0 Å². The minimum atomic E-state index is 0.666. The van der Waals surface area contributed by atoms with E-state index < -0.39 is 0 Å². The molecule has 0 atom stereocenters. The van der Waals surface area contributed by atoms with Crippen LogP contribution in [0, 0.1) is 0 Å². The smallest absolute Gasteiger partial charge is 0.119 e. The van der Waals surface area contributed by atoms with Crippen molar-refractivity contribution < 1.29 is 4.74 Å². The van der Waals surface area contributed by atoms with Gasteiger partial charge in [-0.05, 0) is 38.6 Å². The third kappa shape index (κ3) is 5.30. The molecule has 1 fully saturated rings. The van der Waals surface area contributed by atoms with Crippen molar-refractivity contribution in [1.82, 2.24) is 15.1 Å². The van der Waals surface area contributed by atoms with E-state index in [0.29, 0.717) is 6.04 Å². The summed E-state index contributed by atoms with van der Waals surface area (Å²) in [5, 5.41) is 3.15. The summed E-state index contributed by atoms with van der Waals surface area (Å²) in [6.07, 6.45) is 0. The highest BCUT2D eigenvalue weighted by Gasteiger charge is 2.18. The van der Waals surface area contributed by atoms with Crippen molar-refractivity contribution in [3.05, 3.63) is 29.8 Å². The first kappa shape index (κ1) is 16.3. The van der Waals surface area contributed by atoms with E-state index in [4.69, 9.17) is 4.74 Å². The Morgan fingerprint density at radius 1 is 1.10 bits per heavy atom. The lowest BCUT2D eigenvalue weighted by atomic mass is 10.2. The summed E-state index contributed by atoms with van der Waals surface area (Å²) in [5.74, 6) is 0.968. The van der Waals surface area contributed by atoms with Gasteiger partial charge in [0.25, 0.3) is 0 Å². The highest BCUT2D eigenvalue weighted by atomic mass is 16.5. The second-order valence-electron chi connectivity index (χ2n) is 5.99. The minimum absolute atomic E-state index is 0.666. The average molecular weight is 291 g/mol. The summed E-state index contributed by atoms with van der Waals surface area (Å²) in [7, 11) is 1.96. The molecule has 1 aliphatic rings. The molecule has 1 saturated heterocycles. The molecule has 0 spiro atoms. The van der Waals surface area contributed by atoms with Crippen LogP contribution in [-0.2, 0) is 6.54 Å². The molecule has 0 aliphatic carbocycles. The molecule has 4 heteroatoms. The van der Waals surface area contributed by atoms with Gasteiger partial charge in [-0.3, -0.25) is 9.80 Å². The summed E-state index contributed by atoms with van der Waals surface area (Å²) in [5.41, 5.74) is 1.29. The molecule has 21 heavy (non-hydrogen) atoms. The molecule has 0 aromatic heterocycles. The maximum atomic E-state index is 5.84. The molecular formula is C17H29N3O. The standard InChI is InChI=1S/C17H29N3O/c1-15(2)20-10-8-19(9-11-20)12-13-21-17-6-4-16(5-7-17)14-18-3/h4-7,15,18H,8-14H2,1-3H3. The van der Waals surface area contributed by atoms with Crippen LogP contribution in [0.3, 0.4) is 0 Å². The molecule has 0 unspecified atom stereocenters. The summed E-state index contributed by atoms with van der Waals surface area (Å²) in [4.78, 5) is 5.03. The second-order valence-corrected chi connectivity index (χ2v) is 5.99. The molecule has 1 aliphatic heterocycles. The summed E-state index contributed by atoms with van der Waals surface area (Å²) < 4.78 is 5.84. The molecular weight excluding hydrogens is 262 g/mol. The number of hydrogen-bond donors (Lipinski definition) is 1. The Bertz CT molecular complexity index is 397. The molecule has 0 saturated carbocycles. The van der Waals surface area contributed by atoms with Crippen LogP contribution >= 0.6 is 0 Å². The second kappa shape index (κ2) is 8.37. The lowest BCUT2D eigenvalue weighted by molar-refractivity contribution is 0.0971. The van der Waals surface area contributed by atoms with Crippen LogP contribution < -0.4 is 10.1 Å². The highest BCUT2D eigenvalue weighted by molar-refractivity contribution is 5.27. The topological polar surface area (TPSA) is 27.7 Å². The Balaban J connectivity index is 1.65. The highest BCUT2D eigenvalue weighted by Crippen LogP contribution is 2.12. The normalized spacial score (nSPS) is 17.3. The van der Waals surface area contributed by atoms with Gasteiger partial charge in [0, 0.05) is 45.3 Å². The van der Waals surface area contributed by atoms with Crippen LogP contribution in [0.2, 0.25) is 0 Å². The van der Waals surface area contributed by atoms with Gasteiger partial charge in [-0.2, -0.15) is 0 Å². The monoisotopic (exact) mass is 291 g/mol. The van der Waals surface area contributed by atoms with Crippen LogP contribution in [0.1, 0.15) is 19.4 Å². The third-order valence-corrected chi connectivity index (χ3v) is 4.12. The number of piperazine rings is 1. The van der Waals surface area contributed by atoms with Crippen LogP contribution in [0.25, 0.3) is 0 Å². The fourth-order valence-electron chi connectivity index (χ4n) is 2.70. The van der Waals surface area contributed by atoms with E-state index in [0.717, 1.165) is 38.5 Å². The molecule has 1 aromatic rings. The molecule has 0 amide bonds. The lowest BCUT2D eigenvalue weighted by Crippen LogP contribution is -2.49. The van der Waals surface area contributed by atoms with E-state index in [2.05, 4.69) is 53.2 Å². The molecule has 2 rings (SSSR count). The summed E-state index contributed by atoms with van der Waals surface area (Å²) in [6.45, 7) is 11.9. The van der Waals surface area contributed by atoms with Gasteiger partial charge in [-0.15, -0.1) is 0 Å². The SMILES string of the molecule is CNCc1ccc(OCCN2CCN(C(C)C)CC2)cc1. The van der Waals surface area contributed by atoms with Gasteiger partial charge in [0.2, 0.25) is 0 Å². The fraction of sp³-hybridized carbons (Fsp3) is 0.647. The zero-order valence-electron chi connectivity index (χ0n) is 13.6. The maximum absolute atomic E-state index is 5.84. The van der Waals surface area contributed by atoms with Crippen molar-refractivity contribution in [3.63, 3.8) is 0 Å². The van der Waals surface area contributed by atoms with Gasteiger partial charge >= 0.3 is 0 Å². The van der Waals surface area contributed by atoms with Crippen molar-refractivity contribution in [1.29, 1.82) is 0 Å². The molecule has 118 valence electrons. The van der Waals surface area contributed by atoms with Crippen LogP contribution in [0.4, 0.5) is 0 Å². The van der Waals surface area contributed by atoms with E-state index in [-0.39, 0.29) is 0 Å². The first-order chi connectivity index (χ1) is 10.2. The number of rotatable bonds is 7. The Morgan fingerprint density at radius 3 is 2.33 bits per heavy atom. The first-order valence-electron chi connectivity index (χ1n) is 8.02. The van der Waals surface area contributed by atoms with Crippen molar-refractivity contribution in [2.75, 3.05) is 46.4 Å². The number of benzene rings is 1. The Kier molecular flexibility index (Phi) is 6.49. The zero-order valence-corrected chi connectivity index (χ0v) is 13.6. The summed E-state index contributed by atoms with van der Waals surface area (Å²) in [6, 6.07) is 9.02. The maximum Gasteiger partial charge on any atom is 0.119 e. The Labute approximate surface area is 129 Å². The number of nitrogens with zero attached hydrogens (tertiary/aromatic N) is 2. The molecule has 0 radical (unpaired) electrons. The quantitative estimate of drug-likeness (QED) is 0.829. The molecule has 1 heterocycles. The fourth-order valence-corrected chi connectivity index (χ4v) is 2.70. The predicted octanol–water partition coefficient (Wildman–Crippen LogP) is 1.81. The van der Waals surface area contributed by atoms with Gasteiger partial charge in [0.1, 0.15) is 12.4 Å². The van der Waals surface area contributed by atoms with E-state index in [9.17, 15) is 0 Å². The van der Waals surface area contributed by atoms with Crippen LogP contribution in [0.5, 0.6) is 5.75 Å². The number of hydrogen-bond acceptors (Lipinski definition) is 4. The third-order valence-electron chi connectivity index (χ3n) is 4.12. The molecule has 4 nitrogen and oxygen atoms in total. The number of ether oxygens (including phenoxy) is 1. The van der Waals surface area contributed by atoms with E-state index >= 15 is 0 Å². The predicted molar refractivity (Wildman–Crippen MR) is 87.8 cm³/mol. The van der Waals surface area contributed by atoms with Crippen molar-refractivity contribution in [3.8, 4) is 5.75 Å². The molecule has 1 aromatic carbocycles. The van der Waals surface area contributed by atoms with E-state index in [1.54, 1.807) is 0 Å². The van der Waals surface area contributed by atoms with Gasteiger partial charge in [-0.25, -0.2) is 0 Å². The average Bonchev–Trinajstić information content (AvgIpc) is 2.50. The van der Waals surface area contributed by atoms with Gasteiger partial charge in [0.15, 0.2) is 0 Å². The minimum Gasteiger partial charge on any atom is -0.492 e. The summed E-state index contributed by atoms with van der Waals surface area (Å²) >= 11 is 0. The van der Waals surface area contributed by atoms with Gasteiger partial charge < -0.3 is 10.1 Å². The van der Waals surface area contributed by atoms with Crippen LogP contribution in [0.15, 0.2) is 24.3 Å². The molecule has 0 bridgehead atoms. The Morgan fingerprint density at radius 2 is 1.76 bits per heavy atom. The van der Waals surface area contributed by atoms with E-state index in [1.165, 1.54) is 18.7 Å². The molecule has 1 N–H and O–H groups in total. The Hall–Kier alpha value is -1.10. The van der Waals surface area contributed by atoms with Gasteiger partial charge in [-0.1, -0.05) is 12.1 Å². The van der Waals surface area contributed by atoms with Crippen molar-refractivity contribution in [2.45, 2.75) is 26.4 Å². The zero-order chi connectivity index (χ0) is 15.1. The largest absolute Gasteiger partial charge is 0.492 e. The van der Waals surface area contributed by atoms with Crippen LogP contribution in [-0.4, -0.2) is 62.2 Å². The lowest BCUT2D eigenvalue weighted by Gasteiger charge is -2.36. The first-order valence-corrected chi connectivity index (χ1v) is 8.02. The number of nitrogens with one attached hydrogen (secondary N) is 1.